The van der Waals surface area contributed by atoms with Gasteiger partial charge in [-0.25, -0.2) is 0 Å². The lowest BCUT2D eigenvalue weighted by Crippen LogP contribution is -2.43. The van der Waals surface area contributed by atoms with Crippen LogP contribution >= 0.6 is 0 Å². The lowest BCUT2D eigenvalue weighted by molar-refractivity contribution is 0.0885. The van der Waals surface area contributed by atoms with Crippen LogP contribution < -0.4 is 5.32 Å². The molecular formula is C19H27N3O2. The summed E-state index contributed by atoms with van der Waals surface area (Å²) >= 11 is 0. The molecule has 5 nitrogen and oxygen atoms in total. The van der Waals surface area contributed by atoms with E-state index in [-0.39, 0.29) is 6.61 Å². The zero-order chi connectivity index (χ0) is 17.2. The van der Waals surface area contributed by atoms with Gasteiger partial charge in [-0.1, -0.05) is 43.7 Å². The van der Waals surface area contributed by atoms with E-state index >= 15 is 0 Å². The van der Waals surface area contributed by atoms with Gasteiger partial charge in [0.05, 0.1) is 30.1 Å². The number of rotatable bonds is 10. The Hall–Kier alpha value is -1.82. The van der Waals surface area contributed by atoms with Crippen LogP contribution in [0.1, 0.15) is 36.7 Å². The molecule has 2 rings (SSSR count). The SMILES string of the molecule is CCCCc1cnc(C[C@@H](O)[C@@H](CO)NCc2ccccc2)cn1. The predicted molar refractivity (Wildman–Crippen MR) is 94.5 cm³/mol. The van der Waals surface area contributed by atoms with Gasteiger partial charge in [-0.15, -0.1) is 0 Å². The quantitative estimate of drug-likeness (QED) is 0.620. The Labute approximate surface area is 143 Å². The molecule has 5 heteroatoms. The molecule has 0 aliphatic carbocycles. The van der Waals surface area contributed by atoms with Crippen molar-refractivity contribution in [3.05, 3.63) is 59.7 Å². The van der Waals surface area contributed by atoms with Crippen molar-refractivity contribution >= 4 is 0 Å². The average molecular weight is 329 g/mol. The van der Waals surface area contributed by atoms with Crippen molar-refractivity contribution in [3.63, 3.8) is 0 Å². The summed E-state index contributed by atoms with van der Waals surface area (Å²) in [6, 6.07) is 9.52. The van der Waals surface area contributed by atoms with Crippen LogP contribution in [0, 0.1) is 0 Å². The molecule has 3 N–H and O–H groups in total. The normalized spacial score (nSPS) is 13.6. The molecule has 1 aromatic heterocycles. The summed E-state index contributed by atoms with van der Waals surface area (Å²) in [6.45, 7) is 2.62. The zero-order valence-corrected chi connectivity index (χ0v) is 14.2. The second kappa shape index (κ2) is 10.1. The van der Waals surface area contributed by atoms with Gasteiger partial charge in [0.25, 0.3) is 0 Å². The second-order valence-electron chi connectivity index (χ2n) is 6.03. The highest BCUT2D eigenvalue weighted by atomic mass is 16.3. The highest BCUT2D eigenvalue weighted by Crippen LogP contribution is 2.07. The summed E-state index contributed by atoms with van der Waals surface area (Å²) in [6.07, 6.45) is 6.33. The molecule has 1 aromatic carbocycles. The summed E-state index contributed by atoms with van der Waals surface area (Å²) < 4.78 is 0. The number of benzene rings is 1. The Kier molecular flexibility index (Phi) is 7.82. The number of nitrogens with zero attached hydrogens (tertiary/aromatic N) is 2. The minimum atomic E-state index is -0.713. The van der Waals surface area contributed by atoms with Gasteiger partial charge in [0.2, 0.25) is 0 Å². The fraction of sp³-hybridized carbons (Fsp3) is 0.474. The van der Waals surface area contributed by atoms with Gasteiger partial charge >= 0.3 is 0 Å². The largest absolute Gasteiger partial charge is 0.395 e. The number of aliphatic hydroxyl groups excluding tert-OH is 2. The Morgan fingerprint density at radius 2 is 1.79 bits per heavy atom. The maximum Gasteiger partial charge on any atom is 0.0771 e. The topological polar surface area (TPSA) is 78.3 Å². The number of hydrogen-bond donors (Lipinski definition) is 3. The van der Waals surface area contributed by atoms with Gasteiger partial charge in [-0.3, -0.25) is 9.97 Å². The van der Waals surface area contributed by atoms with Gasteiger partial charge in [-0.2, -0.15) is 0 Å². The van der Waals surface area contributed by atoms with E-state index in [4.69, 9.17) is 0 Å². The van der Waals surface area contributed by atoms with Crippen LogP contribution in [-0.2, 0) is 19.4 Å². The number of nitrogens with one attached hydrogen (secondary N) is 1. The smallest absolute Gasteiger partial charge is 0.0771 e. The van der Waals surface area contributed by atoms with Crippen molar-refractivity contribution in [2.75, 3.05) is 6.61 Å². The lowest BCUT2D eigenvalue weighted by Gasteiger charge is -2.22. The molecule has 1 heterocycles. The Morgan fingerprint density at radius 1 is 1.08 bits per heavy atom. The van der Waals surface area contributed by atoms with Gasteiger partial charge in [0.15, 0.2) is 0 Å². The number of hydrogen-bond acceptors (Lipinski definition) is 5. The van der Waals surface area contributed by atoms with E-state index in [1.807, 2.05) is 30.3 Å². The summed E-state index contributed by atoms with van der Waals surface area (Å²) in [5.41, 5.74) is 2.84. The molecule has 0 fully saturated rings. The minimum absolute atomic E-state index is 0.129. The Balaban J connectivity index is 1.85. The molecule has 0 saturated carbocycles. The summed E-state index contributed by atoms with van der Waals surface area (Å²) in [5.74, 6) is 0. The monoisotopic (exact) mass is 329 g/mol. The second-order valence-corrected chi connectivity index (χ2v) is 6.03. The lowest BCUT2D eigenvalue weighted by atomic mass is 10.1. The number of unbranched alkanes of at least 4 members (excludes halogenated alkanes) is 1. The van der Waals surface area contributed by atoms with Gasteiger partial charge < -0.3 is 15.5 Å². The van der Waals surface area contributed by atoms with E-state index in [0.717, 1.165) is 36.2 Å². The summed E-state index contributed by atoms with van der Waals surface area (Å²) in [7, 11) is 0. The Morgan fingerprint density at radius 3 is 2.42 bits per heavy atom. The number of aliphatic hydroxyl groups is 2. The van der Waals surface area contributed by atoms with Crippen molar-refractivity contribution in [2.24, 2.45) is 0 Å². The molecule has 0 spiro atoms. The van der Waals surface area contributed by atoms with Crippen LogP contribution in [0.5, 0.6) is 0 Å². The molecule has 0 bridgehead atoms. The molecule has 0 saturated heterocycles. The van der Waals surface area contributed by atoms with Gasteiger partial charge in [0.1, 0.15) is 0 Å². The standard InChI is InChI=1S/C19H27N3O2/c1-2-3-9-16-12-21-17(13-20-16)10-19(24)18(14-23)22-11-15-7-5-4-6-8-15/h4-8,12-13,18-19,22-24H,2-3,9-11,14H2,1H3/t18-,19-/m1/s1. The molecular weight excluding hydrogens is 302 g/mol. The molecule has 0 aliphatic heterocycles. The highest BCUT2D eigenvalue weighted by Gasteiger charge is 2.19. The van der Waals surface area contributed by atoms with Crippen molar-refractivity contribution in [1.29, 1.82) is 0 Å². The van der Waals surface area contributed by atoms with E-state index in [9.17, 15) is 10.2 Å². The van der Waals surface area contributed by atoms with Crippen LogP contribution in [0.4, 0.5) is 0 Å². The highest BCUT2D eigenvalue weighted by molar-refractivity contribution is 5.14. The molecule has 2 aromatic rings. The van der Waals surface area contributed by atoms with E-state index in [0.29, 0.717) is 13.0 Å². The van der Waals surface area contributed by atoms with E-state index < -0.39 is 12.1 Å². The molecule has 0 radical (unpaired) electrons. The van der Waals surface area contributed by atoms with E-state index in [1.165, 1.54) is 0 Å². The predicted octanol–water partition coefficient (Wildman–Crippen LogP) is 1.87. The fourth-order valence-corrected chi connectivity index (χ4v) is 2.50. The number of aromatic nitrogens is 2. The van der Waals surface area contributed by atoms with Crippen molar-refractivity contribution in [2.45, 2.75) is 51.3 Å². The van der Waals surface area contributed by atoms with E-state index in [2.05, 4.69) is 22.2 Å². The molecule has 0 aliphatic rings. The van der Waals surface area contributed by atoms with Crippen molar-refractivity contribution in [1.82, 2.24) is 15.3 Å². The summed E-state index contributed by atoms with van der Waals surface area (Å²) in [4.78, 5) is 8.77. The first-order valence-corrected chi connectivity index (χ1v) is 8.59. The van der Waals surface area contributed by atoms with Gasteiger partial charge in [0, 0.05) is 25.4 Å². The third-order valence-corrected chi connectivity index (χ3v) is 4.04. The van der Waals surface area contributed by atoms with Crippen LogP contribution in [-0.4, -0.2) is 38.9 Å². The maximum atomic E-state index is 10.4. The van der Waals surface area contributed by atoms with E-state index in [1.54, 1.807) is 12.4 Å². The Bertz CT molecular complexity index is 575. The third kappa shape index (κ3) is 6.00. The van der Waals surface area contributed by atoms with Crippen LogP contribution in [0.15, 0.2) is 42.7 Å². The first-order valence-electron chi connectivity index (χ1n) is 8.59. The average Bonchev–Trinajstić information content (AvgIpc) is 2.62. The first-order chi connectivity index (χ1) is 11.7. The molecule has 0 amide bonds. The van der Waals surface area contributed by atoms with Crippen molar-refractivity contribution in [3.8, 4) is 0 Å². The van der Waals surface area contributed by atoms with Crippen molar-refractivity contribution < 1.29 is 10.2 Å². The third-order valence-electron chi connectivity index (χ3n) is 4.04. The minimum Gasteiger partial charge on any atom is -0.395 e. The van der Waals surface area contributed by atoms with Crippen LogP contribution in [0.2, 0.25) is 0 Å². The molecule has 130 valence electrons. The molecule has 2 atom stereocenters. The first kappa shape index (κ1) is 18.5. The van der Waals surface area contributed by atoms with Crippen LogP contribution in [0.3, 0.4) is 0 Å². The molecule has 0 unspecified atom stereocenters. The summed E-state index contributed by atoms with van der Waals surface area (Å²) in [5, 5.41) is 23.1. The maximum absolute atomic E-state index is 10.4. The number of aryl methyl sites for hydroxylation is 1. The fourth-order valence-electron chi connectivity index (χ4n) is 2.50. The van der Waals surface area contributed by atoms with Gasteiger partial charge in [-0.05, 0) is 18.4 Å². The molecule has 24 heavy (non-hydrogen) atoms. The zero-order valence-electron chi connectivity index (χ0n) is 14.2. The van der Waals surface area contributed by atoms with Crippen LogP contribution in [0.25, 0.3) is 0 Å².